The second-order valence-electron chi connectivity index (χ2n) is 4.16. The summed E-state index contributed by atoms with van der Waals surface area (Å²) in [6.07, 6.45) is 0. The van der Waals surface area contributed by atoms with Crippen LogP contribution >= 0.6 is 0 Å². The Kier molecular flexibility index (Phi) is 4.22. The topological polar surface area (TPSA) is 90.4 Å². The third kappa shape index (κ3) is 3.59. The molecule has 21 heavy (non-hydrogen) atoms. The van der Waals surface area contributed by atoms with Crippen LogP contribution in [0.4, 0.5) is 25.8 Å². The highest BCUT2D eigenvalue weighted by Crippen LogP contribution is 2.28. The van der Waals surface area contributed by atoms with Gasteiger partial charge in [-0.1, -0.05) is 6.07 Å². The Hall–Kier alpha value is -2.83. The van der Waals surface area contributed by atoms with Gasteiger partial charge in [0.1, 0.15) is 5.75 Å². The molecular formula is C14H13F2N3O2. The average molecular weight is 293 g/mol. The van der Waals surface area contributed by atoms with E-state index < -0.39 is 12.5 Å². The maximum absolute atomic E-state index is 12.1. The van der Waals surface area contributed by atoms with Crippen molar-refractivity contribution in [2.75, 3.05) is 11.1 Å². The predicted molar refractivity (Wildman–Crippen MR) is 75.7 cm³/mol. The highest BCUT2D eigenvalue weighted by atomic mass is 19.3. The first-order valence-corrected chi connectivity index (χ1v) is 5.97. The normalized spacial score (nSPS) is 10.4. The Labute approximate surface area is 119 Å². The summed E-state index contributed by atoms with van der Waals surface area (Å²) < 4.78 is 28.4. The molecule has 0 saturated carbocycles. The van der Waals surface area contributed by atoms with E-state index in [2.05, 4.69) is 10.1 Å². The molecule has 0 aromatic heterocycles. The largest absolute Gasteiger partial charge is 0.435 e. The van der Waals surface area contributed by atoms with Crippen LogP contribution in [0.5, 0.6) is 5.75 Å². The maximum atomic E-state index is 12.1. The first kappa shape index (κ1) is 14.6. The molecule has 2 aromatic rings. The maximum Gasteiger partial charge on any atom is 0.387 e. The zero-order valence-corrected chi connectivity index (χ0v) is 10.8. The highest BCUT2D eigenvalue weighted by molar-refractivity contribution is 6.02. The van der Waals surface area contributed by atoms with Crippen molar-refractivity contribution in [3.63, 3.8) is 0 Å². The summed E-state index contributed by atoms with van der Waals surface area (Å²) in [6.45, 7) is -2.88. The molecule has 5 N–H and O–H groups in total. The van der Waals surface area contributed by atoms with Gasteiger partial charge in [-0.25, -0.2) is 0 Å². The van der Waals surface area contributed by atoms with Crippen LogP contribution in [0.1, 0.15) is 10.4 Å². The van der Waals surface area contributed by atoms with Crippen molar-refractivity contribution in [1.82, 2.24) is 0 Å². The molecule has 0 aliphatic carbocycles. The summed E-state index contributed by atoms with van der Waals surface area (Å²) in [6, 6.07) is 10.6. The second-order valence-corrected chi connectivity index (χ2v) is 4.16. The summed E-state index contributed by atoms with van der Waals surface area (Å²) >= 11 is 0. The standard InChI is InChI=1S/C14H13F2N3O2/c15-14(16)21-9-6-4-8(5-7-9)19-12-10(13(18)20)2-1-3-11(12)17/h1-7,14,19H,17H2,(H2,18,20). The van der Waals surface area contributed by atoms with Gasteiger partial charge in [0.15, 0.2) is 0 Å². The number of primary amides is 1. The quantitative estimate of drug-likeness (QED) is 0.739. The number of nitrogen functional groups attached to an aromatic ring is 1. The molecule has 0 aliphatic rings. The number of benzene rings is 2. The van der Waals surface area contributed by atoms with Gasteiger partial charge in [-0.3, -0.25) is 4.79 Å². The van der Waals surface area contributed by atoms with Gasteiger partial charge >= 0.3 is 6.61 Å². The Morgan fingerprint density at radius 3 is 2.38 bits per heavy atom. The van der Waals surface area contributed by atoms with Crippen molar-refractivity contribution in [1.29, 1.82) is 0 Å². The van der Waals surface area contributed by atoms with Crippen molar-refractivity contribution in [2.24, 2.45) is 5.73 Å². The molecule has 110 valence electrons. The SMILES string of the molecule is NC(=O)c1cccc(N)c1Nc1ccc(OC(F)F)cc1. The number of alkyl halides is 2. The fourth-order valence-electron chi connectivity index (χ4n) is 1.78. The Morgan fingerprint density at radius 1 is 1.14 bits per heavy atom. The van der Waals surface area contributed by atoms with E-state index in [0.717, 1.165) is 0 Å². The number of amides is 1. The van der Waals surface area contributed by atoms with Crippen LogP contribution in [-0.4, -0.2) is 12.5 Å². The molecule has 0 heterocycles. The molecule has 2 aromatic carbocycles. The van der Waals surface area contributed by atoms with Gasteiger partial charge in [0, 0.05) is 5.69 Å². The molecule has 0 aliphatic heterocycles. The molecule has 0 spiro atoms. The van der Waals surface area contributed by atoms with Crippen LogP contribution in [0.25, 0.3) is 0 Å². The molecule has 0 fully saturated rings. The van der Waals surface area contributed by atoms with E-state index in [1.807, 2.05) is 0 Å². The zero-order valence-electron chi connectivity index (χ0n) is 10.8. The molecule has 0 radical (unpaired) electrons. The molecule has 0 unspecified atom stereocenters. The van der Waals surface area contributed by atoms with Crippen LogP contribution in [0.15, 0.2) is 42.5 Å². The summed E-state index contributed by atoms with van der Waals surface area (Å²) in [5.74, 6) is -0.589. The highest BCUT2D eigenvalue weighted by Gasteiger charge is 2.11. The van der Waals surface area contributed by atoms with Crippen LogP contribution in [-0.2, 0) is 0 Å². The number of rotatable bonds is 5. The van der Waals surface area contributed by atoms with Crippen LogP contribution in [0, 0.1) is 0 Å². The minimum atomic E-state index is -2.88. The van der Waals surface area contributed by atoms with Gasteiger partial charge in [-0.15, -0.1) is 0 Å². The smallest absolute Gasteiger partial charge is 0.387 e. The molecule has 7 heteroatoms. The van der Waals surface area contributed by atoms with Crippen LogP contribution in [0.2, 0.25) is 0 Å². The van der Waals surface area contributed by atoms with Gasteiger partial charge in [-0.05, 0) is 36.4 Å². The van der Waals surface area contributed by atoms with E-state index >= 15 is 0 Å². The number of carbonyl (C=O) groups excluding carboxylic acids is 1. The lowest BCUT2D eigenvalue weighted by molar-refractivity contribution is -0.0498. The van der Waals surface area contributed by atoms with E-state index in [0.29, 0.717) is 17.1 Å². The van der Waals surface area contributed by atoms with Gasteiger partial charge in [0.25, 0.3) is 5.91 Å². The van der Waals surface area contributed by atoms with Gasteiger partial charge < -0.3 is 21.5 Å². The predicted octanol–water partition coefficient (Wildman–Crippen LogP) is 2.71. The lowest BCUT2D eigenvalue weighted by Crippen LogP contribution is -2.14. The minimum absolute atomic E-state index is 0.0340. The molecule has 0 bridgehead atoms. The third-order valence-electron chi connectivity index (χ3n) is 2.71. The lowest BCUT2D eigenvalue weighted by atomic mass is 10.1. The fraction of sp³-hybridized carbons (Fsp3) is 0.0714. The monoisotopic (exact) mass is 293 g/mol. The van der Waals surface area contributed by atoms with Crippen molar-refractivity contribution in [3.8, 4) is 5.75 Å². The van der Waals surface area contributed by atoms with Crippen LogP contribution in [0.3, 0.4) is 0 Å². The summed E-state index contributed by atoms with van der Waals surface area (Å²) in [5.41, 5.74) is 12.6. The summed E-state index contributed by atoms with van der Waals surface area (Å²) in [5, 5.41) is 2.93. The number of hydrogen-bond acceptors (Lipinski definition) is 4. The first-order valence-electron chi connectivity index (χ1n) is 5.97. The number of ether oxygens (including phenoxy) is 1. The number of para-hydroxylation sites is 1. The molecule has 1 amide bonds. The Balaban J connectivity index is 2.24. The van der Waals surface area contributed by atoms with E-state index in [9.17, 15) is 13.6 Å². The molecule has 2 rings (SSSR count). The van der Waals surface area contributed by atoms with E-state index in [-0.39, 0.29) is 11.3 Å². The number of carbonyl (C=O) groups is 1. The van der Waals surface area contributed by atoms with Crippen molar-refractivity contribution in [3.05, 3.63) is 48.0 Å². The molecule has 0 atom stereocenters. The average Bonchev–Trinajstić information content (AvgIpc) is 2.42. The molecular weight excluding hydrogens is 280 g/mol. The number of nitrogens with two attached hydrogens (primary N) is 2. The van der Waals surface area contributed by atoms with Crippen LogP contribution < -0.4 is 21.5 Å². The number of hydrogen-bond donors (Lipinski definition) is 3. The van der Waals surface area contributed by atoms with E-state index in [1.165, 1.54) is 30.3 Å². The fourth-order valence-corrected chi connectivity index (χ4v) is 1.78. The summed E-state index contributed by atoms with van der Waals surface area (Å²) in [7, 11) is 0. The molecule has 5 nitrogen and oxygen atoms in total. The zero-order chi connectivity index (χ0) is 15.4. The number of anilines is 3. The molecule has 0 saturated heterocycles. The van der Waals surface area contributed by atoms with E-state index in [1.54, 1.807) is 12.1 Å². The van der Waals surface area contributed by atoms with Gasteiger partial charge in [0.05, 0.1) is 16.9 Å². The van der Waals surface area contributed by atoms with E-state index in [4.69, 9.17) is 11.5 Å². The Bertz CT molecular complexity index is 645. The minimum Gasteiger partial charge on any atom is -0.435 e. The second kappa shape index (κ2) is 6.08. The van der Waals surface area contributed by atoms with Gasteiger partial charge in [-0.2, -0.15) is 8.78 Å². The third-order valence-corrected chi connectivity index (χ3v) is 2.71. The Morgan fingerprint density at radius 2 is 1.81 bits per heavy atom. The van der Waals surface area contributed by atoms with Gasteiger partial charge in [0.2, 0.25) is 0 Å². The number of nitrogens with one attached hydrogen (secondary N) is 1. The van der Waals surface area contributed by atoms with Crippen molar-refractivity contribution >= 4 is 23.0 Å². The van der Waals surface area contributed by atoms with Crippen molar-refractivity contribution < 1.29 is 18.3 Å². The lowest BCUT2D eigenvalue weighted by Gasteiger charge is -2.13. The number of halogens is 2. The van der Waals surface area contributed by atoms with Crippen molar-refractivity contribution in [2.45, 2.75) is 6.61 Å². The first-order chi connectivity index (χ1) is 9.97. The summed E-state index contributed by atoms with van der Waals surface area (Å²) in [4.78, 5) is 11.4.